The van der Waals surface area contributed by atoms with Crippen LogP contribution in [0.5, 0.6) is 5.75 Å². The Hall–Kier alpha value is -3.59. The van der Waals surface area contributed by atoms with Gasteiger partial charge < -0.3 is 20.1 Å². The number of nitro benzene ring substituents is 1. The fourth-order valence-corrected chi connectivity index (χ4v) is 3.47. The monoisotopic (exact) mass is 562 g/mol. The number of hydrogen-bond donors (Lipinski definition) is 3. The van der Waals surface area contributed by atoms with E-state index in [1.807, 2.05) is 4.90 Å². The molecule has 33 heavy (non-hydrogen) atoms. The van der Waals surface area contributed by atoms with Gasteiger partial charge in [-0.3, -0.25) is 10.1 Å². The Morgan fingerprint density at radius 2 is 1.85 bits per heavy atom. The van der Waals surface area contributed by atoms with Gasteiger partial charge in [-0.25, -0.2) is 5.43 Å². The molecule has 0 aliphatic carbocycles. The molecule has 13 heteroatoms. The van der Waals surface area contributed by atoms with E-state index in [0.717, 1.165) is 3.57 Å². The minimum Gasteiger partial charge on any atom is -0.507 e. The highest BCUT2D eigenvalue weighted by Crippen LogP contribution is 2.21. The Morgan fingerprint density at radius 3 is 2.58 bits per heavy atom. The number of anilines is 4. The van der Waals surface area contributed by atoms with Gasteiger partial charge in [-0.2, -0.15) is 20.1 Å². The molecule has 3 aromatic rings. The second-order valence-electron chi connectivity index (χ2n) is 6.88. The van der Waals surface area contributed by atoms with Crippen molar-refractivity contribution in [2.45, 2.75) is 0 Å². The van der Waals surface area contributed by atoms with E-state index in [0.29, 0.717) is 43.5 Å². The molecule has 0 unspecified atom stereocenters. The van der Waals surface area contributed by atoms with Gasteiger partial charge in [-0.15, -0.1) is 0 Å². The average Bonchev–Trinajstić information content (AvgIpc) is 2.82. The summed E-state index contributed by atoms with van der Waals surface area (Å²) in [6, 6.07) is 11.1. The lowest BCUT2D eigenvalue weighted by Gasteiger charge is -2.27. The zero-order valence-corrected chi connectivity index (χ0v) is 19.3. The van der Waals surface area contributed by atoms with Crippen molar-refractivity contribution in [1.82, 2.24) is 15.0 Å². The standard InChI is InChI=1S/C20H19IN8O4/c21-14-1-6-17(30)13(11-14)12-22-27-19-24-18(23-15-2-4-16(5-3-15)29(31)32)25-20(26-19)28-7-9-33-10-8-28/h1-6,11-12,30H,7-10H2,(H2,23,24,25,26,27). The molecule has 0 radical (unpaired) electrons. The van der Waals surface area contributed by atoms with Crippen LogP contribution in [0.1, 0.15) is 5.56 Å². The quantitative estimate of drug-likeness (QED) is 0.170. The molecule has 12 nitrogen and oxygen atoms in total. The molecule has 170 valence electrons. The van der Waals surface area contributed by atoms with E-state index in [-0.39, 0.29) is 23.3 Å². The van der Waals surface area contributed by atoms with Crippen molar-refractivity contribution in [2.75, 3.05) is 41.9 Å². The summed E-state index contributed by atoms with van der Waals surface area (Å²) in [7, 11) is 0. The summed E-state index contributed by atoms with van der Waals surface area (Å²) in [6.45, 7) is 2.37. The number of aromatic nitrogens is 3. The van der Waals surface area contributed by atoms with Gasteiger partial charge in [0, 0.05) is 40.0 Å². The van der Waals surface area contributed by atoms with Crippen LogP contribution in [-0.2, 0) is 4.74 Å². The van der Waals surface area contributed by atoms with E-state index in [4.69, 9.17) is 4.74 Å². The molecular weight excluding hydrogens is 543 g/mol. The Labute approximate surface area is 202 Å². The van der Waals surface area contributed by atoms with Crippen molar-refractivity contribution < 1.29 is 14.8 Å². The summed E-state index contributed by atoms with van der Waals surface area (Å²) < 4.78 is 6.35. The van der Waals surface area contributed by atoms with Crippen LogP contribution in [0.15, 0.2) is 47.6 Å². The predicted octanol–water partition coefficient (Wildman–Crippen LogP) is 3.12. The van der Waals surface area contributed by atoms with Gasteiger partial charge in [-0.1, -0.05) is 0 Å². The highest BCUT2D eigenvalue weighted by Gasteiger charge is 2.17. The van der Waals surface area contributed by atoms with Gasteiger partial charge in [0.2, 0.25) is 17.8 Å². The van der Waals surface area contributed by atoms with Crippen molar-refractivity contribution in [1.29, 1.82) is 0 Å². The van der Waals surface area contributed by atoms with Crippen LogP contribution in [0.4, 0.5) is 29.2 Å². The first kappa shape index (κ1) is 22.6. The molecule has 0 bridgehead atoms. The number of nitrogens with one attached hydrogen (secondary N) is 2. The number of rotatable bonds is 7. The van der Waals surface area contributed by atoms with Gasteiger partial charge in [-0.05, 0) is 52.9 Å². The third-order valence-corrected chi connectivity index (χ3v) is 5.28. The number of morpholine rings is 1. The first-order chi connectivity index (χ1) is 16.0. The Balaban J connectivity index is 1.57. The molecule has 1 aliphatic rings. The largest absolute Gasteiger partial charge is 0.507 e. The number of hydrogen-bond acceptors (Lipinski definition) is 11. The molecule has 0 amide bonds. The van der Waals surface area contributed by atoms with Gasteiger partial charge in [0.05, 0.1) is 24.4 Å². The molecule has 4 rings (SSSR count). The van der Waals surface area contributed by atoms with Crippen LogP contribution in [0.2, 0.25) is 0 Å². The second-order valence-corrected chi connectivity index (χ2v) is 8.13. The van der Waals surface area contributed by atoms with E-state index >= 15 is 0 Å². The lowest BCUT2D eigenvalue weighted by atomic mass is 10.2. The topological polar surface area (TPSA) is 151 Å². The van der Waals surface area contributed by atoms with Crippen molar-refractivity contribution in [3.05, 3.63) is 61.7 Å². The molecule has 0 spiro atoms. The third kappa shape index (κ3) is 6.01. The smallest absolute Gasteiger partial charge is 0.269 e. The van der Waals surface area contributed by atoms with Gasteiger partial charge >= 0.3 is 0 Å². The minimum atomic E-state index is -0.463. The van der Waals surface area contributed by atoms with Crippen LogP contribution in [0.25, 0.3) is 0 Å². The highest BCUT2D eigenvalue weighted by atomic mass is 127. The van der Waals surface area contributed by atoms with E-state index in [1.165, 1.54) is 18.3 Å². The number of aromatic hydroxyl groups is 1. The normalized spacial score (nSPS) is 13.8. The third-order valence-electron chi connectivity index (χ3n) is 4.61. The number of benzene rings is 2. The van der Waals surface area contributed by atoms with Crippen molar-refractivity contribution >= 4 is 58.0 Å². The Kier molecular flexibility index (Phi) is 7.09. The van der Waals surface area contributed by atoms with Crippen LogP contribution < -0.4 is 15.6 Å². The van der Waals surface area contributed by atoms with Crippen molar-refractivity contribution in [2.24, 2.45) is 5.10 Å². The fourth-order valence-electron chi connectivity index (χ4n) is 2.96. The van der Waals surface area contributed by atoms with Gasteiger partial charge in [0.1, 0.15) is 5.75 Å². The second kappa shape index (κ2) is 10.4. The van der Waals surface area contributed by atoms with Crippen LogP contribution in [0.3, 0.4) is 0 Å². The molecular formula is C20H19IN8O4. The number of phenolic OH excluding ortho intramolecular Hbond substituents is 1. The first-order valence-electron chi connectivity index (χ1n) is 9.86. The van der Waals surface area contributed by atoms with E-state index < -0.39 is 4.92 Å². The zero-order chi connectivity index (χ0) is 23.2. The number of nitro groups is 1. The molecule has 1 aliphatic heterocycles. The van der Waals surface area contributed by atoms with Crippen molar-refractivity contribution in [3.63, 3.8) is 0 Å². The number of nitrogens with zero attached hydrogens (tertiary/aromatic N) is 6. The molecule has 2 aromatic carbocycles. The van der Waals surface area contributed by atoms with Crippen LogP contribution in [-0.4, -0.2) is 57.5 Å². The van der Waals surface area contributed by atoms with E-state index in [9.17, 15) is 15.2 Å². The summed E-state index contributed by atoms with van der Waals surface area (Å²) in [4.78, 5) is 25.6. The lowest BCUT2D eigenvalue weighted by Crippen LogP contribution is -2.37. The van der Waals surface area contributed by atoms with Crippen LogP contribution >= 0.6 is 22.6 Å². The maximum atomic E-state index is 10.9. The maximum absolute atomic E-state index is 10.9. The number of non-ortho nitro benzene ring substituents is 1. The summed E-state index contributed by atoms with van der Waals surface area (Å²) in [5, 5.41) is 28.0. The molecule has 0 atom stereocenters. The fraction of sp³-hybridized carbons (Fsp3) is 0.200. The summed E-state index contributed by atoms with van der Waals surface area (Å²) in [5.41, 5.74) is 3.89. The molecule has 2 heterocycles. The average molecular weight is 562 g/mol. The van der Waals surface area contributed by atoms with Gasteiger partial charge in [0.25, 0.3) is 5.69 Å². The summed E-state index contributed by atoms with van der Waals surface area (Å²) in [6.07, 6.45) is 1.47. The number of halogens is 1. The van der Waals surface area contributed by atoms with Crippen LogP contribution in [0, 0.1) is 13.7 Å². The summed E-state index contributed by atoms with van der Waals surface area (Å²) >= 11 is 2.15. The Bertz CT molecular complexity index is 1170. The van der Waals surface area contributed by atoms with Gasteiger partial charge in [0.15, 0.2) is 0 Å². The summed E-state index contributed by atoms with van der Waals surface area (Å²) in [5.74, 6) is 0.978. The lowest BCUT2D eigenvalue weighted by molar-refractivity contribution is -0.384. The SMILES string of the molecule is O=[N+]([O-])c1ccc(Nc2nc(NN=Cc3cc(I)ccc3O)nc(N3CCOCC3)n2)cc1. The zero-order valence-electron chi connectivity index (χ0n) is 17.2. The van der Waals surface area contributed by atoms with Crippen molar-refractivity contribution in [3.8, 4) is 5.75 Å². The van der Waals surface area contributed by atoms with E-state index in [1.54, 1.807) is 30.3 Å². The minimum absolute atomic E-state index is 0.0132. The molecule has 1 aromatic heterocycles. The number of ether oxygens (including phenoxy) is 1. The molecule has 0 saturated carbocycles. The predicted molar refractivity (Wildman–Crippen MR) is 131 cm³/mol. The number of phenols is 1. The maximum Gasteiger partial charge on any atom is 0.269 e. The van der Waals surface area contributed by atoms with E-state index in [2.05, 4.69) is 53.4 Å². The first-order valence-corrected chi connectivity index (χ1v) is 10.9. The molecule has 1 fully saturated rings. The molecule has 1 saturated heterocycles. The molecule has 3 N–H and O–H groups in total. The Morgan fingerprint density at radius 1 is 1.12 bits per heavy atom. The highest BCUT2D eigenvalue weighted by molar-refractivity contribution is 14.1. The number of hydrazone groups is 1.